The number of nitro benzene ring substituents is 1. The molecular weight excluding hydrogens is 470 g/mol. The first-order valence-corrected chi connectivity index (χ1v) is 9.51. The van der Waals surface area contributed by atoms with E-state index < -0.39 is 34.3 Å². The van der Waals surface area contributed by atoms with Gasteiger partial charge in [0.15, 0.2) is 0 Å². The molecule has 0 radical (unpaired) electrons. The van der Waals surface area contributed by atoms with Gasteiger partial charge < -0.3 is 5.32 Å². The van der Waals surface area contributed by atoms with Gasteiger partial charge in [0.1, 0.15) is 0 Å². The number of rotatable bonds is 5. The van der Waals surface area contributed by atoms with Crippen LogP contribution in [0.3, 0.4) is 0 Å². The highest BCUT2D eigenvalue weighted by atomic mass is 19.4. The Balaban J connectivity index is 2.12. The predicted molar refractivity (Wildman–Crippen MR) is 108 cm³/mol. The lowest BCUT2D eigenvalue weighted by Crippen LogP contribution is -2.59. The predicted octanol–water partition coefficient (Wildman–Crippen LogP) is 5.53. The maximum absolute atomic E-state index is 14.1. The van der Waals surface area contributed by atoms with Crippen LogP contribution in [0.2, 0.25) is 0 Å². The second kappa shape index (κ2) is 8.47. The molecule has 34 heavy (non-hydrogen) atoms. The van der Waals surface area contributed by atoms with E-state index in [9.17, 15) is 41.3 Å². The van der Waals surface area contributed by atoms with Crippen molar-refractivity contribution < 1.29 is 36.1 Å². The first-order valence-electron chi connectivity index (χ1n) is 9.51. The summed E-state index contributed by atoms with van der Waals surface area (Å²) in [5.41, 5.74) is -6.29. The van der Waals surface area contributed by atoms with Crippen LogP contribution in [0, 0.1) is 24.0 Å². The summed E-state index contributed by atoms with van der Waals surface area (Å²) < 4.78 is 84.5. The van der Waals surface area contributed by atoms with Crippen LogP contribution in [0.5, 0.6) is 0 Å². The van der Waals surface area contributed by atoms with Crippen molar-refractivity contribution in [2.45, 2.75) is 31.7 Å². The van der Waals surface area contributed by atoms with E-state index in [4.69, 9.17) is 0 Å². The number of non-ortho nitro benzene ring substituents is 1. The zero-order valence-electron chi connectivity index (χ0n) is 17.5. The third-order valence-electron chi connectivity index (χ3n) is 5.18. The van der Waals surface area contributed by atoms with E-state index in [0.29, 0.717) is 18.3 Å². The van der Waals surface area contributed by atoms with E-state index in [1.54, 1.807) is 0 Å². The molecule has 0 aliphatic heterocycles. The molecule has 1 aromatic heterocycles. The lowest BCUT2D eigenvalue weighted by atomic mass is 9.85. The average molecular weight is 486 g/mol. The zero-order chi connectivity index (χ0) is 25.5. The number of alkyl halides is 6. The molecule has 1 N–H and O–H groups in total. The fourth-order valence-electron chi connectivity index (χ4n) is 3.66. The second-order valence-electron chi connectivity index (χ2n) is 7.40. The maximum Gasteiger partial charge on any atom is 0.426 e. The first kappa shape index (κ1) is 24.7. The molecule has 0 spiro atoms. The standard InChI is InChI=1S/C21H16F6N4O3/c1-12-9-15(19(20(22,23)24,21(25,26)27)30-8-4-7-28-30)10-13(2)17(12)29-18(32)14-5-3-6-16(11-14)31(33)34/h3-11H,1-2H3,(H,29,32). The summed E-state index contributed by atoms with van der Waals surface area (Å²) in [5.74, 6) is -0.826. The molecule has 13 heteroatoms. The lowest BCUT2D eigenvalue weighted by molar-refractivity contribution is -0.384. The molecule has 0 aliphatic carbocycles. The van der Waals surface area contributed by atoms with Crippen LogP contribution >= 0.6 is 0 Å². The van der Waals surface area contributed by atoms with E-state index >= 15 is 0 Å². The largest absolute Gasteiger partial charge is 0.426 e. The SMILES string of the molecule is Cc1cc(C(n2cccn2)(C(F)(F)F)C(F)(F)F)cc(C)c1NC(=O)c1cccc([N+](=O)[O-])c1. The van der Waals surface area contributed by atoms with Crippen LogP contribution in [-0.2, 0) is 5.54 Å². The molecule has 0 atom stereocenters. The summed E-state index contributed by atoms with van der Waals surface area (Å²) in [7, 11) is 0. The van der Waals surface area contributed by atoms with Gasteiger partial charge in [-0.1, -0.05) is 18.2 Å². The van der Waals surface area contributed by atoms with Crippen molar-refractivity contribution in [3.05, 3.63) is 87.2 Å². The smallest absolute Gasteiger partial charge is 0.321 e. The molecule has 0 fully saturated rings. The number of nitro groups is 1. The van der Waals surface area contributed by atoms with Gasteiger partial charge in [-0.05, 0) is 42.7 Å². The number of amides is 1. The van der Waals surface area contributed by atoms with E-state index in [1.165, 1.54) is 26.0 Å². The summed E-state index contributed by atoms with van der Waals surface area (Å²) >= 11 is 0. The molecule has 0 saturated carbocycles. The van der Waals surface area contributed by atoms with Gasteiger partial charge in [-0.15, -0.1) is 0 Å². The van der Waals surface area contributed by atoms with Crippen LogP contribution in [0.4, 0.5) is 37.7 Å². The number of anilines is 1. The van der Waals surface area contributed by atoms with Crippen LogP contribution in [0.25, 0.3) is 0 Å². The Kier molecular flexibility index (Phi) is 6.16. The number of halogens is 6. The molecule has 0 aliphatic rings. The fraction of sp³-hybridized carbons (Fsp3) is 0.238. The van der Waals surface area contributed by atoms with E-state index in [0.717, 1.165) is 24.4 Å². The highest BCUT2D eigenvalue weighted by Gasteiger charge is 2.74. The Hall–Kier alpha value is -3.90. The number of hydrogen-bond acceptors (Lipinski definition) is 4. The second-order valence-corrected chi connectivity index (χ2v) is 7.40. The van der Waals surface area contributed by atoms with Gasteiger partial charge in [-0.25, -0.2) is 4.68 Å². The van der Waals surface area contributed by atoms with Crippen molar-refractivity contribution in [3.63, 3.8) is 0 Å². The van der Waals surface area contributed by atoms with E-state index in [2.05, 4.69) is 10.4 Å². The number of aromatic nitrogens is 2. The quantitative estimate of drug-likeness (QED) is 0.292. The Morgan fingerprint density at radius 1 is 1.00 bits per heavy atom. The Morgan fingerprint density at radius 2 is 1.59 bits per heavy atom. The third-order valence-corrected chi connectivity index (χ3v) is 5.18. The molecular formula is C21H16F6N4O3. The summed E-state index contributed by atoms with van der Waals surface area (Å²) in [6.45, 7) is 2.47. The molecule has 1 heterocycles. The summed E-state index contributed by atoms with van der Waals surface area (Å²) in [6, 6.07) is 6.99. The van der Waals surface area contributed by atoms with Crippen LogP contribution in [0.15, 0.2) is 54.9 Å². The molecule has 3 rings (SSSR count). The van der Waals surface area contributed by atoms with Gasteiger partial charge in [0.2, 0.25) is 0 Å². The Morgan fingerprint density at radius 3 is 2.06 bits per heavy atom. The molecule has 7 nitrogen and oxygen atoms in total. The van der Waals surface area contributed by atoms with Crippen molar-refractivity contribution in [1.82, 2.24) is 9.78 Å². The van der Waals surface area contributed by atoms with Gasteiger partial charge in [-0.3, -0.25) is 14.9 Å². The summed E-state index contributed by atoms with van der Waals surface area (Å²) in [5, 5.41) is 16.6. The van der Waals surface area contributed by atoms with Crippen molar-refractivity contribution in [2.24, 2.45) is 0 Å². The maximum atomic E-state index is 14.1. The Labute approximate surface area is 188 Å². The van der Waals surface area contributed by atoms with E-state index in [-0.39, 0.29) is 32.7 Å². The van der Waals surface area contributed by atoms with Crippen molar-refractivity contribution >= 4 is 17.3 Å². The summed E-state index contributed by atoms with van der Waals surface area (Å²) in [4.78, 5) is 22.8. The molecule has 2 aromatic carbocycles. The molecule has 180 valence electrons. The van der Waals surface area contributed by atoms with Gasteiger partial charge in [0, 0.05) is 35.8 Å². The van der Waals surface area contributed by atoms with Crippen molar-refractivity contribution in [2.75, 3.05) is 5.32 Å². The molecule has 0 bridgehead atoms. The highest BCUT2D eigenvalue weighted by molar-refractivity contribution is 6.05. The minimum absolute atomic E-state index is 0.0287. The third kappa shape index (κ3) is 4.08. The van der Waals surface area contributed by atoms with Crippen molar-refractivity contribution in [1.29, 1.82) is 0 Å². The van der Waals surface area contributed by atoms with Crippen LogP contribution in [0.1, 0.15) is 27.0 Å². The highest BCUT2D eigenvalue weighted by Crippen LogP contribution is 2.53. The molecule has 0 saturated heterocycles. The number of carbonyl (C=O) groups excluding carboxylic acids is 1. The number of hydrogen-bond donors (Lipinski definition) is 1. The Bertz CT molecular complexity index is 1200. The van der Waals surface area contributed by atoms with E-state index in [1.807, 2.05) is 0 Å². The minimum atomic E-state index is -5.82. The topological polar surface area (TPSA) is 90.1 Å². The zero-order valence-corrected chi connectivity index (χ0v) is 17.5. The normalized spacial score (nSPS) is 12.5. The number of nitrogens with zero attached hydrogens (tertiary/aromatic N) is 3. The lowest BCUT2D eigenvalue weighted by Gasteiger charge is -2.38. The average Bonchev–Trinajstić information content (AvgIpc) is 3.23. The molecule has 3 aromatic rings. The fourth-order valence-corrected chi connectivity index (χ4v) is 3.66. The monoisotopic (exact) mass is 486 g/mol. The van der Waals surface area contributed by atoms with Crippen molar-refractivity contribution in [3.8, 4) is 0 Å². The summed E-state index contributed by atoms with van der Waals surface area (Å²) in [6.07, 6.45) is -10.3. The van der Waals surface area contributed by atoms with Gasteiger partial charge in [0.25, 0.3) is 17.1 Å². The molecule has 0 unspecified atom stereocenters. The van der Waals surface area contributed by atoms with Gasteiger partial charge in [-0.2, -0.15) is 31.4 Å². The minimum Gasteiger partial charge on any atom is -0.321 e. The number of aryl methyl sites for hydroxylation is 2. The molecule has 1 amide bonds. The van der Waals surface area contributed by atoms with Gasteiger partial charge >= 0.3 is 12.4 Å². The number of nitrogens with one attached hydrogen (secondary N) is 1. The number of benzene rings is 2. The number of carbonyl (C=O) groups is 1. The van der Waals surface area contributed by atoms with Crippen LogP contribution in [-0.4, -0.2) is 33.0 Å². The van der Waals surface area contributed by atoms with Crippen LogP contribution < -0.4 is 5.32 Å². The van der Waals surface area contributed by atoms with Gasteiger partial charge in [0.05, 0.1) is 4.92 Å². The first-order chi connectivity index (χ1) is 15.7.